The zero-order valence-corrected chi connectivity index (χ0v) is 18.0. The van der Waals surface area contributed by atoms with Crippen LogP contribution in [0.4, 0.5) is 0 Å². The van der Waals surface area contributed by atoms with Gasteiger partial charge in [0.1, 0.15) is 0 Å². The number of esters is 1. The van der Waals surface area contributed by atoms with Gasteiger partial charge in [0.2, 0.25) is 0 Å². The zero-order valence-electron chi connectivity index (χ0n) is 16.5. The topological polar surface area (TPSA) is 60.4 Å². The number of halogens is 2. The van der Waals surface area contributed by atoms with Gasteiger partial charge in [-0.1, -0.05) is 24.6 Å². The lowest BCUT2D eigenvalue weighted by molar-refractivity contribution is -0.184. The van der Waals surface area contributed by atoms with E-state index in [0.717, 1.165) is 18.4 Å². The molecule has 4 unspecified atom stereocenters. The maximum Gasteiger partial charge on any atom is 0.303 e. The van der Waals surface area contributed by atoms with Gasteiger partial charge in [0.05, 0.1) is 0 Å². The average molecular weight is 425 g/mol. The molecule has 28 heavy (non-hydrogen) atoms. The van der Waals surface area contributed by atoms with E-state index in [1.807, 2.05) is 0 Å². The highest BCUT2D eigenvalue weighted by Gasteiger charge is 2.68. The molecule has 4 aliphatic carbocycles. The number of Topliss-reactive ketones (excluding diaryl/α,β-unsaturated/α-hetero) is 1. The number of carbonyl (C=O) groups excluding carboxylic acids is 3. The zero-order chi connectivity index (χ0) is 20.4. The fourth-order valence-corrected chi connectivity index (χ4v) is 7.78. The summed E-state index contributed by atoms with van der Waals surface area (Å²) in [6.07, 6.45) is 6.95. The molecule has 0 aromatic heterocycles. The Morgan fingerprint density at radius 2 is 1.96 bits per heavy atom. The molecule has 2 fully saturated rings. The third-order valence-electron chi connectivity index (χ3n) is 7.88. The van der Waals surface area contributed by atoms with Crippen LogP contribution in [0, 0.1) is 29.1 Å². The number of allylic oxidation sites excluding steroid dienone is 4. The number of rotatable bonds is 2. The Bertz CT molecular complexity index is 815. The first kappa shape index (κ1) is 20.2. The maximum atomic E-state index is 12.8. The third-order valence-corrected chi connectivity index (χ3v) is 8.67. The normalized spacial score (nSPS) is 44.6. The molecule has 4 nitrogen and oxygen atoms in total. The number of ketones is 2. The van der Waals surface area contributed by atoms with Crippen molar-refractivity contribution in [2.24, 2.45) is 29.1 Å². The Kier molecular flexibility index (Phi) is 4.82. The van der Waals surface area contributed by atoms with Gasteiger partial charge in [0, 0.05) is 29.2 Å². The van der Waals surface area contributed by atoms with E-state index in [-0.39, 0.29) is 40.6 Å². The largest absolute Gasteiger partial charge is 0.451 e. The predicted octanol–water partition coefficient (Wildman–Crippen LogP) is 4.58. The standard InChI is InChI=1S/C22H26Cl2O4/c1-11(25)22(28-12(2)26)7-6-17-16-9-18(23)15-8-13(27)4-5-14(15)20(16)19(24)10-21(17,22)3/h8-9,14,16-17,19-20H,4-7,10H2,1-3H3/t14?,16?,17?,19-,20?,21-,22-/m0/s1. The van der Waals surface area contributed by atoms with Gasteiger partial charge in [-0.3, -0.25) is 14.4 Å². The third kappa shape index (κ3) is 2.67. The van der Waals surface area contributed by atoms with Gasteiger partial charge in [0.25, 0.3) is 0 Å². The first-order valence-electron chi connectivity index (χ1n) is 10.1. The van der Waals surface area contributed by atoms with E-state index in [1.165, 1.54) is 13.8 Å². The minimum atomic E-state index is -1.12. The summed E-state index contributed by atoms with van der Waals surface area (Å²) in [7, 11) is 0. The molecule has 4 rings (SSSR count). The first-order chi connectivity index (χ1) is 13.1. The van der Waals surface area contributed by atoms with Crippen LogP contribution in [0.25, 0.3) is 0 Å². The predicted molar refractivity (Wildman–Crippen MR) is 107 cm³/mol. The molecular weight excluding hydrogens is 399 g/mol. The highest BCUT2D eigenvalue weighted by Crippen LogP contribution is 2.66. The molecule has 0 saturated heterocycles. The van der Waals surface area contributed by atoms with Crippen molar-refractivity contribution in [2.75, 3.05) is 0 Å². The summed E-state index contributed by atoms with van der Waals surface area (Å²) >= 11 is 13.6. The fourth-order valence-electron chi connectivity index (χ4n) is 6.77. The lowest BCUT2D eigenvalue weighted by Crippen LogP contribution is -2.59. The molecule has 7 atom stereocenters. The second-order valence-corrected chi connectivity index (χ2v) is 10.1. The smallest absolute Gasteiger partial charge is 0.303 e. The van der Waals surface area contributed by atoms with E-state index in [1.54, 1.807) is 6.08 Å². The molecule has 0 radical (unpaired) electrons. The second kappa shape index (κ2) is 6.70. The molecule has 6 heteroatoms. The molecule has 152 valence electrons. The number of hydrogen-bond acceptors (Lipinski definition) is 4. The minimum absolute atomic E-state index is 0.107. The van der Waals surface area contributed by atoms with E-state index in [9.17, 15) is 14.4 Å². The lowest BCUT2D eigenvalue weighted by atomic mass is 9.51. The summed E-state index contributed by atoms with van der Waals surface area (Å²) in [6, 6.07) is 0. The van der Waals surface area contributed by atoms with Crippen molar-refractivity contribution >= 4 is 40.7 Å². The molecular formula is C22H26Cl2O4. The summed E-state index contributed by atoms with van der Waals surface area (Å²) in [5, 5.41) is 0.460. The molecule has 4 aliphatic rings. The van der Waals surface area contributed by atoms with Crippen LogP contribution in [0.1, 0.15) is 52.9 Å². The van der Waals surface area contributed by atoms with Gasteiger partial charge in [-0.25, -0.2) is 0 Å². The van der Waals surface area contributed by atoms with Crippen LogP contribution < -0.4 is 0 Å². The van der Waals surface area contributed by atoms with Crippen LogP contribution in [0.2, 0.25) is 0 Å². The number of hydrogen-bond donors (Lipinski definition) is 0. The molecule has 2 saturated carbocycles. The number of alkyl halides is 1. The second-order valence-electron chi connectivity index (χ2n) is 9.14. The van der Waals surface area contributed by atoms with Crippen molar-refractivity contribution in [3.8, 4) is 0 Å². The first-order valence-corrected chi connectivity index (χ1v) is 10.9. The van der Waals surface area contributed by atoms with Crippen molar-refractivity contribution in [3.63, 3.8) is 0 Å². The number of ether oxygens (including phenoxy) is 1. The van der Waals surface area contributed by atoms with Gasteiger partial charge in [0.15, 0.2) is 17.2 Å². The number of fused-ring (bicyclic) bond motifs is 5. The monoisotopic (exact) mass is 424 g/mol. The molecule has 0 aromatic rings. The Hall–Kier alpha value is -1.13. The summed E-state index contributed by atoms with van der Waals surface area (Å²) < 4.78 is 5.75. The van der Waals surface area contributed by atoms with Crippen molar-refractivity contribution < 1.29 is 19.1 Å². The molecule has 0 bridgehead atoms. The van der Waals surface area contributed by atoms with Gasteiger partial charge in [-0.05, 0) is 67.9 Å². The van der Waals surface area contributed by atoms with Crippen molar-refractivity contribution in [2.45, 2.75) is 63.9 Å². The van der Waals surface area contributed by atoms with Crippen LogP contribution >= 0.6 is 23.2 Å². The van der Waals surface area contributed by atoms with E-state index in [2.05, 4.69) is 13.0 Å². The molecule has 0 N–H and O–H groups in total. The SMILES string of the molecule is CC(=O)O[C@]1(C(C)=O)CCC2C3C=C(Cl)C4=CC(=O)CCC4C3[C@@H](Cl)C[C@@]21C. The van der Waals surface area contributed by atoms with E-state index >= 15 is 0 Å². The Morgan fingerprint density at radius 3 is 2.61 bits per heavy atom. The summed E-state index contributed by atoms with van der Waals surface area (Å²) in [5.41, 5.74) is -0.734. The summed E-state index contributed by atoms with van der Waals surface area (Å²) in [6.45, 7) is 4.93. The van der Waals surface area contributed by atoms with Crippen molar-refractivity contribution in [3.05, 3.63) is 22.8 Å². The van der Waals surface area contributed by atoms with Gasteiger partial charge >= 0.3 is 5.97 Å². The Labute approximate surface area is 175 Å². The summed E-state index contributed by atoms with van der Waals surface area (Å²) in [5.74, 6) is 0.206. The van der Waals surface area contributed by atoms with E-state index in [4.69, 9.17) is 27.9 Å². The lowest BCUT2D eigenvalue weighted by Gasteiger charge is -2.56. The minimum Gasteiger partial charge on any atom is -0.451 e. The molecule has 0 amide bonds. The van der Waals surface area contributed by atoms with E-state index < -0.39 is 17.0 Å². The molecule has 0 heterocycles. The van der Waals surface area contributed by atoms with Crippen molar-refractivity contribution in [1.29, 1.82) is 0 Å². The highest BCUT2D eigenvalue weighted by atomic mass is 35.5. The highest BCUT2D eigenvalue weighted by molar-refractivity contribution is 6.32. The Morgan fingerprint density at radius 1 is 1.25 bits per heavy atom. The average Bonchev–Trinajstić information content (AvgIpc) is 2.88. The maximum absolute atomic E-state index is 12.8. The van der Waals surface area contributed by atoms with Crippen LogP contribution in [0.15, 0.2) is 22.8 Å². The van der Waals surface area contributed by atoms with Gasteiger partial charge in [-0.15, -0.1) is 11.6 Å². The quantitative estimate of drug-likeness (QED) is 0.480. The van der Waals surface area contributed by atoms with Gasteiger partial charge < -0.3 is 4.74 Å². The van der Waals surface area contributed by atoms with Crippen LogP contribution in [0.5, 0.6) is 0 Å². The van der Waals surface area contributed by atoms with Gasteiger partial charge in [-0.2, -0.15) is 0 Å². The van der Waals surface area contributed by atoms with Crippen LogP contribution in [-0.2, 0) is 19.1 Å². The Balaban J connectivity index is 1.80. The fraction of sp³-hybridized carbons (Fsp3) is 0.682. The molecule has 0 aliphatic heterocycles. The van der Waals surface area contributed by atoms with E-state index in [0.29, 0.717) is 24.3 Å². The number of carbonyl (C=O) groups is 3. The van der Waals surface area contributed by atoms with Crippen LogP contribution in [0.3, 0.4) is 0 Å². The van der Waals surface area contributed by atoms with Crippen LogP contribution in [-0.4, -0.2) is 28.5 Å². The summed E-state index contributed by atoms with van der Waals surface area (Å²) in [4.78, 5) is 36.6. The van der Waals surface area contributed by atoms with Crippen molar-refractivity contribution in [1.82, 2.24) is 0 Å². The molecule has 0 spiro atoms. The molecule has 0 aromatic carbocycles.